The Morgan fingerprint density at radius 3 is 3.00 bits per heavy atom. The van der Waals surface area contributed by atoms with E-state index in [1.807, 2.05) is 25.1 Å². The fourth-order valence-electron chi connectivity index (χ4n) is 1.43. The Labute approximate surface area is 76.6 Å². The van der Waals surface area contributed by atoms with Gasteiger partial charge in [-0.05, 0) is 13.0 Å². The molecule has 1 aromatic carbocycles. The van der Waals surface area contributed by atoms with Crippen LogP contribution in [0.15, 0.2) is 24.4 Å². The molecule has 0 amide bonds. The normalized spacial score (nSPS) is 9.85. The first kappa shape index (κ1) is 7.75. The second kappa shape index (κ2) is 2.87. The zero-order valence-corrected chi connectivity index (χ0v) is 7.28. The topological polar surface area (TPSA) is 25.8 Å². The van der Waals surface area contributed by atoms with E-state index in [-0.39, 0.29) is 0 Å². The highest BCUT2D eigenvalue weighted by Crippen LogP contribution is 2.18. The summed E-state index contributed by atoms with van der Waals surface area (Å²) in [5.41, 5.74) is 1.76. The van der Waals surface area contributed by atoms with Crippen molar-refractivity contribution < 1.29 is 0 Å². The molecule has 1 aromatic heterocycles. The molecular formula is C11H8N2. The summed E-state index contributed by atoms with van der Waals surface area (Å²) in [6, 6.07) is 5.83. The van der Waals surface area contributed by atoms with Crippen molar-refractivity contribution in [2.24, 2.45) is 0 Å². The van der Waals surface area contributed by atoms with E-state index in [9.17, 15) is 0 Å². The summed E-state index contributed by atoms with van der Waals surface area (Å²) in [6.07, 6.45) is 7.11. The van der Waals surface area contributed by atoms with E-state index in [1.54, 1.807) is 6.20 Å². The molecule has 0 unspecified atom stereocenters. The van der Waals surface area contributed by atoms with Crippen LogP contribution in [0.4, 0.5) is 0 Å². The molecular weight excluding hydrogens is 160 g/mol. The van der Waals surface area contributed by atoms with Crippen LogP contribution < -0.4 is 0 Å². The van der Waals surface area contributed by atoms with Crippen LogP contribution in [0, 0.1) is 19.3 Å². The van der Waals surface area contributed by atoms with E-state index in [2.05, 4.69) is 16.1 Å². The molecule has 0 radical (unpaired) electrons. The van der Waals surface area contributed by atoms with Gasteiger partial charge < -0.3 is 0 Å². The third kappa shape index (κ3) is 1.15. The molecule has 0 spiro atoms. The Hall–Kier alpha value is -1.88. The van der Waals surface area contributed by atoms with Crippen molar-refractivity contribution in [1.82, 2.24) is 10.2 Å². The Balaban J connectivity index is 2.97. The van der Waals surface area contributed by atoms with Gasteiger partial charge in [-0.1, -0.05) is 18.1 Å². The maximum atomic E-state index is 5.39. The Morgan fingerprint density at radius 2 is 2.23 bits per heavy atom. The average molecular weight is 168 g/mol. The largest absolute Gasteiger partial charge is 0.158 e. The van der Waals surface area contributed by atoms with Crippen LogP contribution in [0.25, 0.3) is 10.8 Å². The van der Waals surface area contributed by atoms with Crippen molar-refractivity contribution in [1.29, 1.82) is 0 Å². The number of benzene rings is 1. The molecule has 0 aliphatic heterocycles. The lowest BCUT2D eigenvalue weighted by atomic mass is 10.1. The van der Waals surface area contributed by atoms with Gasteiger partial charge in [-0.3, -0.25) is 0 Å². The van der Waals surface area contributed by atoms with E-state index < -0.39 is 0 Å². The SMILES string of the molecule is C#Cc1cccc2cnnc(C)c12. The number of hydrogen-bond acceptors (Lipinski definition) is 2. The first-order valence-electron chi connectivity index (χ1n) is 4.00. The molecule has 0 atom stereocenters. The van der Waals surface area contributed by atoms with Crippen molar-refractivity contribution in [3.8, 4) is 12.3 Å². The summed E-state index contributed by atoms with van der Waals surface area (Å²) in [5.74, 6) is 2.64. The number of terminal acetylenes is 1. The third-order valence-electron chi connectivity index (χ3n) is 2.02. The minimum Gasteiger partial charge on any atom is -0.158 e. The van der Waals surface area contributed by atoms with Gasteiger partial charge in [0, 0.05) is 16.3 Å². The molecule has 62 valence electrons. The van der Waals surface area contributed by atoms with Crippen LogP contribution in [-0.4, -0.2) is 10.2 Å². The Kier molecular flexibility index (Phi) is 1.71. The average Bonchev–Trinajstić information content (AvgIpc) is 2.17. The molecule has 2 rings (SSSR count). The lowest BCUT2D eigenvalue weighted by molar-refractivity contribution is 1.00. The van der Waals surface area contributed by atoms with Gasteiger partial charge in [-0.2, -0.15) is 10.2 Å². The fourth-order valence-corrected chi connectivity index (χ4v) is 1.43. The first-order chi connectivity index (χ1) is 6.33. The van der Waals surface area contributed by atoms with Crippen molar-refractivity contribution in [3.05, 3.63) is 35.7 Å². The van der Waals surface area contributed by atoms with Crippen LogP contribution >= 0.6 is 0 Å². The van der Waals surface area contributed by atoms with Gasteiger partial charge in [-0.25, -0.2) is 0 Å². The molecule has 2 nitrogen and oxygen atoms in total. The van der Waals surface area contributed by atoms with Gasteiger partial charge >= 0.3 is 0 Å². The van der Waals surface area contributed by atoms with Crippen LogP contribution in [0.1, 0.15) is 11.3 Å². The van der Waals surface area contributed by atoms with Crippen molar-refractivity contribution in [2.75, 3.05) is 0 Å². The van der Waals surface area contributed by atoms with E-state index >= 15 is 0 Å². The molecule has 0 aliphatic rings. The number of aryl methyl sites for hydroxylation is 1. The predicted molar refractivity (Wildman–Crippen MR) is 52.2 cm³/mol. The van der Waals surface area contributed by atoms with Crippen molar-refractivity contribution in [2.45, 2.75) is 6.92 Å². The summed E-state index contributed by atoms with van der Waals surface area (Å²) >= 11 is 0. The number of hydrogen-bond donors (Lipinski definition) is 0. The number of rotatable bonds is 0. The maximum Gasteiger partial charge on any atom is 0.0690 e. The van der Waals surface area contributed by atoms with E-state index in [4.69, 9.17) is 6.42 Å². The smallest absolute Gasteiger partial charge is 0.0690 e. The molecule has 0 fully saturated rings. The number of aromatic nitrogens is 2. The maximum absolute atomic E-state index is 5.39. The van der Waals surface area contributed by atoms with Crippen molar-refractivity contribution in [3.63, 3.8) is 0 Å². The van der Waals surface area contributed by atoms with Gasteiger partial charge in [-0.15, -0.1) is 6.42 Å². The van der Waals surface area contributed by atoms with Gasteiger partial charge in [0.2, 0.25) is 0 Å². The second-order valence-electron chi connectivity index (χ2n) is 2.84. The molecule has 13 heavy (non-hydrogen) atoms. The van der Waals surface area contributed by atoms with Gasteiger partial charge in [0.15, 0.2) is 0 Å². The number of fused-ring (bicyclic) bond motifs is 1. The van der Waals surface area contributed by atoms with E-state index in [0.717, 1.165) is 22.0 Å². The summed E-state index contributed by atoms with van der Waals surface area (Å²) < 4.78 is 0. The summed E-state index contributed by atoms with van der Waals surface area (Å²) in [6.45, 7) is 1.91. The predicted octanol–water partition coefficient (Wildman–Crippen LogP) is 1.92. The highest BCUT2D eigenvalue weighted by molar-refractivity contribution is 5.89. The van der Waals surface area contributed by atoms with Crippen LogP contribution in [0.5, 0.6) is 0 Å². The van der Waals surface area contributed by atoms with Gasteiger partial charge in [0.25, 0.3) is 0 Å². The number of nitrogens with zero attached hydrogens (tertiary/aromatic N) is 2. The lowest BCUT2D eigenvalue weighted by Gasteiger charge is -2.01. The van der Waals surface area contributed by atoms with Crippen molar-refractivity contribution >= 4 is 10.8 Å². The lowest BCUT2D eigenvalue weighted by Crippen LogP contribution is -1.90. The second-order valence-corrected chi connectivity index (χ2v) is 2.84. The van der Waals surface area contributed by atoms with Crippen LogP contribution in [-0.2, 0) is 0 Å². The molecule has 2 aromatic rings. The van der Waals surface area contributed by atoms with Gasteiger partial charge in [0.05, 0.1) is 11.9 Å². The molecule has 0 bridgehead atoms. The minimum atomic E-state index is 0.880. The highest BCUT2D eigenvalue weighted by atomic mass is 15.1. The van der Waals surface area contributed by atoms with Crippen LogP contribution in [0.3, 0.4) is 0 Å². The summed E-state index contributed by atoms with van der Waals surface area (Å²) in [5, 5.41) is 9.91. The Bertz CT molecular complexity index is 490. The molecule has 2 heteroatoms. The monoisotopic (exact) mass is 168 g/mol. The summed E-state index contributed by atoms with van der Waals surface area (Å²) in [4.78, 5) is 0. The quantitative estimate of drug-likeness (QED) is 0.561. The Morgan fingerprint density at radius 1 is 1.38 bits per heavy atom. The zero-order valence-electron chi connectivity index (χ0n) is 7.28. The molecule has 0 N–H and O–H groups in total. The molecule has 0 aliphatic carbocycles. The van der Waals surface area contributed by atoms with Gasteiger partial charge in [0.1, 0.15) is 0 Å². The zero-order chi connectivity index (χ0) is 9.26. The van der Waals surface area contributed by atoms with E-state index in [0.29, 0.717) is 0 Å². The summed E-state index contributed by atoms with van der Waals surface area (Å²) in [7, 11) is 0. The van der Waals surface area contributed by atoms with Crippen LogP contribution in [0.2, 0.25) is 0 Å². The highest BCUT2D eigenvalue weighted by Gasteiger charge is 2.01. The minimum absolute atomic E-state index is 0.880. The van der Waals surface area contributed by atoms with E-state index in [1.165, 1.54) is 0 Å². The molecule has 0 saturated heterocycles. The molecule has 0 saturated carbocycles. The third-order valence-corrected chi connectivity index (χ3v) is 2.02. The standard InChI is InChI=1S/C11H8N2/c1-3-9-5-4-6-10-7-12-13-8(2)11(9)10/h1,4-7H,2H3. The molecule has 1 heterocycles. The first-order valence-corrected chi connectivity index (χ1v) is 4.00. The fraction of sp³-hybridized carbons (Fsp3) is 0.0909.